The number of halogens is 1. The lowest BCUT2D eigenvalue weighted by Gasteiger charge is -2.13. The van der Waals surface area contributed by atoms with Crippen LogP contribution in [0.25, 0.3) is 0 Å². The monoisotopic (exact) mass is 279 g/mol. The first-order chi connectivity index (χ1) is 8.74. The minimum atomic E-state index is -0.0185. The molecular weight excluding hydrogens is 270 g/mol. The Hall–Kier alpha value is -1.46. The lowest BCUT2D eigenvalue weighted by molar-refractivity contribution is -0.113. The molecule has 4 nitrogen and oxygen atoms in total. The predicted molar refractivity (Wildman–Crippen MR) is 73.0 cm³/mol. The van der Waals surface area contributed by atoms with Crippen LogP contribution in [0.4, 0.5) is 5.82 Å². The Morgan fingerprint density at radius 3 is 3.17 bits per heavy atom. The van der Waals surface area contributed by atoms with Gasteiger partial charge in [-0.2, -0.15) is 5.10 Å². The van der Waals surface area contributed by atoms with Crippen molar-refractivity contribution in [2.45, 2.75) is 5.25 Å². The average Bonchev–Trinajstić information content (AvgIpc) is 2.72. The van der Waals surface area contributed by atoms with Crippen LogP contribution in [0.2, 0.25) is 5.02 Å². The van der Waals surface area contributed by atoms with Gasteiger partial charge in [0.2, 0.25) is 5.91 Å². The van der Waals surface area contributed by atoms with Gasteiger partial charge in [0.25, 0.3) is 0 Å². The van der Waals surface area contributed by atoms with E-state index in [9.17, 15) is 4.79 Å². The number of nitrogens with one attached hydrogen (secondary N) is 2. The number of carbonyl (C=O) groups excluding carboxylic acids is 1. The molecule has 18 heavy (non-hydrogen) atoms. The predicted octanol–water partition coefficient (Wildman–Crippen LogP) is 2.84. The molecule has 0 aliphatic carbocycles. The number of benzene rings is 1. The van der Waals surface area contributed by atoms with E-state index in [0.29, 0.717) is 16.6 Å². The van der Waals surface area contributed by atoms with Crippen LogP contribution >= 0.6 is 23.4 Å². The van der Waals surface area contributed by atoms with Crippen LogP contribution in [-0.2, 0) is 4.79 Å². The Morgan fingerprint density at radius 1 is 1.44 bits per heavy atom. The number of anilines is 1. The van der Waals surface area contributed by atoms with E-state index in [1.807, 2.05) is 24.3 Å². The van der Waals surface area contributed by atoms with Gasteiger partial charge in [0.1, 0.15) is 5.82 Å². The molecule has 1 aliphatic heterocycles. The Morgan fingerprint density at radius 2 is 2.33 bits per heavy atom. The summed E-state index contributed by atoms with van der Waals surface area (Å²) in [6.07, 6.45) is 1.75. The molecule has 3 rings (SSSR count). The maximum absolute atomic E-state index is 11.6. The van der Waals surface area contributed by atoms with E-state index in [0.717, 1.165) is 11.1 Å². The molecule has 6 heteroatoms. The quantitative estimate of drug-likeness (QED) is 0.844. The highest BCUT2D eigenvalue weighted by atomic mass is 35.5. The number of carbonyl (C=O) groups is 1. The molecular formula is C12H10ClN3OS. The highest BCUT2D eigenvalue weighted by Gasteiger charge is 2.25. The zero-order valence-corrected chi connectivity index (χ0v) is 10.9. The van der Waals surface area contributed by atoms with Gasteiger partial charge in [-0.25, -0.2) is 0 Å². The molecule has 1 amide bonds. The normalized spacial score (nSPS) is 18.9. The molecule has 0 radical (unpaired) electrons. The third-order valence-electron chi connectivity index (χ3n) is 2.75. The minimum Gasteiger partial charge on any atom is -0.310 e. The smallest absolute Gasteiger partial charge is 0.235 e. The maximum atomic E-state index is 11.6. The molecule has 1 aromatic carbocycles. The van der Waals surface area contributed by atoms with Gasteiger partial charge in [0, 0.05) is 10.6 Å². The second kappa shape index (κ2) is 4.66. The summed E-state index contributed by atoms with van der Waals surface area (Å²) in [5.41, 5.74) is 2.06. The first kappa shape index (κ1) is 11.6. The van der Waals surface area contributed by atoms with E-state index in [2.05, 4.69) is 15.5 Å². The van der Waals surface area contributed by atoms with Crippen molar-refractivity contribution in [3.63, 3.8) is 0 Å². The standard InChI is InChI=1S/C12H10ClN3OS/c13-8-3-1-2-7(4-8)11-9-5-14-16-12(9)15-10(17)6-18-11/h1-5,11H,6H2,(H2,14,15,16,17)/t11-/m0/s1. The topological polar surface area (TPSA) is 57.8 Å². The van der Waals surface area contributed by atoms with Crippen LogP contribution < -0.4 is 5.32 Å². The molecule has 0 spiro atoms. The van der Waals surface area contributed by atoms with Crippen molar-refractivity contribution >= 4 is 35.1 Å². The van der Waals surface area contributed by atoms with Gasteiger partial charge in [-0.3, -0.25) is 9.89 Å². The van der Waals surface area contributed by atoms with E-state index in [-0.39, 0.29) is 11.2 Å². The average molecular weight is 280 g/mol. The van der Waals surface area contributed by atoms with Crippen molar-refractivity contribution in [3.05, 3.63) is 46.6 Å². The van der Waals surface area contributed by atoms with Gasteiger partial charge in [0.05, 0.1) is 17.2 Å². The first-order valence-electron chi connectivity index (χ1n) is 5.44. The molecule has 2 aromatic rings. The molecule has 1 aromatic heterocycles. The van der Waals surface area contributed by atoms with E-state index < -0.39 is 0 Å². The van der Waals surface area contributed by atoms with Gasteiger partial charge >= 0.3 is 0 Å². The zero-order chi connectivity index (χ0) is 12.5. The number of thioether (sulfide) groups is 1. The van der Waals surface area contributed by atoms with Crippen molar-refractivity contribution in [1.29, 1.82) is 0 Å². The number of fused-ring (bicyclic) bond motifs is 1. The van der Waals surface area contributed by atoms with Crippen molar-refractivity contribution in [3.8, 4) is 0 Å². The molecule has 2 N–H and O–H groups in total. The van der Waals surface area contributed by atoms with E-state index in [1.165, 1.54) is 0 Å². The SMILES string of the molecule is O=C1CS[C@@H](c2cccc(Cl)c2)c2cn[nH]c2N1. The summed E-state index contributed by atoms with van der Waals surface area (Å²) in [4.78, 5) is 11.6. The third-order valence-corrected chi connectivity index (χ3v) is 4.27. The van der Waals surface area contributed by atoms with Crippen molar-refractivity contribution in [1.82, 2.24) is 10.2 Å². The number of H-pyrrole nitrogens is 1. The summed E-state index contributed by atoms with van der Waals surface area (Å²) in [5.74, 6) is 1.07. The number of rotatable bonds is 1. The summed E-state index contributed by atoms with van der Waals surface area (Å²) >= 11 is 7.59. The molecule has 0 fully saturated rings. The second-order valence-electron chi connectivity index (χ2n) is 3.99. The lowest BCUT2D eigenvalue weighted by atomic mass is 10.1. The van der Waals surface area contributed by atoms with Crippen molar-refractivity contribution in [2.75, 3.05) is 11.1 Å². The largest absolute Gasteiger partial charge is 0.310 e. The summed E-state index contributed by atoms with van der Waals surface area (Å²) in [6.45, 7) is 0. The van der Waals surface area contributed by atoms with Crippen LogP contribution in [0.1, 0.15) is 16.4 Å². The van der Waals surface area contributed by atoms with Gasteiger partial charge < -0.3 is 5.32 Å². The number of nitrogens with zero attached hydrogens (tertiary/aromatic N) is 1. The minimum absolute atomic E-state index is 0.0185. The fourth-order valence-electron chi connectivity index (χ4n) is 1.96. The summed E-state index contributed by atoms with van der Waals surface area (Å²) in [5, 5.41) is 10.4. The van der Waals surface area contributed by atoms with Crippen molar-refractivity contribution < 1.29 is 4.79 Å². The molecule has 2 heterocycles. The van der Waals surface area contributed by atoms with Gasteiger partial charge in [-0.05, 0) is 17.7 Å². The zero-order valence-electron chi connectivity index (χ0n) is 9.31. The Labute approximate surface area is 113 Å². The molecule has 1 atom stereocenters. The second-order valence-corrected chi connectivity index (χ2v) is 5.52. The van der Waals surface area contributed by atoms with Crippen LogP contribution in [-0.4, -0.2) is 21.9 Å². The maximum Gasteiger partial charge on any atom is 0.235 e. The molecule has 0 saturated heterocycles. The van der Waals surface area contributed by atoms with Crippen LogP contribution in [0.3, 0.4) is 0 Å². The fraction of sp³-hybridized carbons (Fsp3) is 0.167. The Kier molecular flexibility index (Phi) is 3.01. The summed E-state index contributed by atoms with van der Waals surface area (Å²) < 4.78 is 0. The van der Waals surface area contributed by atoms with Gasteiger partial charge in [0.15, 0.2) is 0 Å². The highest BCUT2D eigenvalue weighted by molar-refractivity contribution is 8.00. The van der Waals surface area contributed by atoms with Crippen molar-refractivity contribution in [2.24, 2.45) is 0 Å². The number of hydrogen-bond acceptors (Lipinski definition) is 3. The number of amides is 1. The van der Waals surface area contributed by atoms with E-state index >= 15 is 0 Å². The third kappa shape index (κ3) is 2.11. The summed E-state index contributed by atoms with van der Waals surface area (Å²) in [6, 6.07) is 7.69. The summed E-state index contributed by atoms with van der Waals surface area (Å²) in [7, 11) is 0. The lowest BCUT2D eigenvalue weighted by Crippen LogP contribution is -2.12. The van der Waals surface area contributed by atoms with Gasteiger partial charge in [-0.1, -0.05) is 23.7 Å². The van der Waals surface area contributed by atoms with Gasteiger partial charge in [-0.15, -0.1) is 11.8 Å². The molecule has 0 bridgehead atoms. The Balaban J connectivity index is 2.05. The molecule has 1 aliphatic rings. The molecule has 0 saturated carbocycles. The number of aromatic nitrogens is 2. The molecule has 92 valence electrons. The number of hydrogen-bond donors (Lipinski definition) is 2. The van der Waals surface area contributed by atoms with Crippen LogP contribution in [0, 0.1) is 0 Å². The van der Waals surface area contributed by atoms with Crippen LogP contribution in [0.5, 0.6) is 0 Å². The Bertz CT molecular complexity index is 599. The molecule has 0 unspecified atom stereocenters. The number of aromatic amines is 1. The van der Waals surface area contributed by atoms with E-state index in [4.69, 9.17) is 11.6 Å². The first-order valence-corrected chi connectivity index (χ1v) is 6.87. The van der Waals surface area contributed by atoms with E-state index in [1.54, 1.807) is 18.0 Å². The fourth-order valence-corrected chi connectivity index (χ4v) is 3.25. The van der Waals surface area contributed by atoms with Crippen LogP contribution in [0.15, 0.2) is 30.5 Å². The highest BCUT2D eigenvalue weighted by Crippen LogP contribution is 2.40.